The number of rotatable bonds is 4. The average molecular weight is 601 g/mol. The quantitative estimate of drug-likeness (QED) is 0.316. The van der Waals surface area contributed by atoms with Gasteiger partial charge in [-0.05, 0) is 63.7 Å². The van der Waals surface area contributed by atoms with Gasteiger partial charge in [0.25, 0.3) is 11.8 Å². The topological polar surface area (TPSA) is 103 Å². The van der Waals surface area contributed by atoms with E-state index in [2.05, 4.69) is 73.7 Å². The Morgan fingerprint density at radius 3 is 2.00 bits per heavy atom. The highest BCUT2D eigenvalue weighted by Gasteiger charge is 2.46. The molecular weight excluding hydrogens is 594 g/mol. The predicted octanol–water partition coefficient (Wildman–Crippen LogP) is 3.75. The van der Waals surface area contributed by atoms with Gasteiger partial charge in [-0.15, -0.1) is 0 Å². The molecule has 1 atom stereocenters. The van der Waals surface area contributed by atoms with Gasteiger partial charge in [0.1, 0.15) is 6.04 Å². The molecule has 0 unspecified atom stereocenters. The predicted molar refractivity (Wildman–Crippen MR) is 101 cm³/mol. The smallest absolute Gasteiger partial charge is 0.327 e. The fraction of sp³-hybridized carbons (Fsp3) is 0.143. The Bertz CT molecular complexity index is 867. The first-order valence-corrected chi connectivity index (χ1v) is 9.86. The molecule has 0 saturated carbocycles. The van der Waals surface area contributed by atoms with Crippen LogP contribution in [0.3, 0.4) is 0 Å². The van der Waals surface area contributed by atoms with Gasteiger partial charge in [-0.1, -0.05) is 0 Å². The van der Waals surface area contributed by atoms with Crippen molar-refractivity contribution in [1.29, 1.82) is 0 Å². The Labute approximate surface area is 174 Å². The molecule has 2 heterocycles. The lowest BCUT2D eigenvalue weighted by molar-refractivity contribution is -0.141. The molecule has 25 heavy (non-hydrogen) atoms. The number of H-pyrrole nitrogens is 1. The summed E-state index contributed by atoms with van der Waals surface area (Å²) in [7, 11) is 0. The number of nitrogens with zero attached hydrogens (tertiary/aromatic N) is 2. The number of aromatic nitrogens is 2. The maximum absolute atomic E-state index is 12.8. The van der Waals surface area contributed by atoms with Gasteiger partial charge in [0.15, 0.2) is 0 Å². The van der Waals surface area contributed by atoms with E-state index in [-0.39, 0.29) is 17.5 Å². The van der Waals surface area contributed by atoms with Gasteiger partial charge in [-0.3, -0.25) is 14.5 Å². The van der Waals surface area contributed by atoms with E-state index in [4.69, 9.17) is 0 Å². The van der Waals surface area contributed by atoms with E-state index < -0.39 is 23.8 Å². The van der Waals surface area contributed by atoms with Crippen molar-refractivity contribution in [2.75, 3.05) is 0 Å². The molecule has 0 bridgehead atoms. The molecule has 0 radical (unpaired) electrons. The van der Waals surface area contributed by atoms with Crippen molar-refractivity contribution in [3.05, 3.63) is 47.2 Å². The van der Waals surface area contributed by atoms with E-state index in [1.54, 1.807) is 0 Å². The van der Waals surface area contributed by atoms with Crippen LogP contribution in [-0.4, -0.2) is 43.8 Å². The molecule has 1 aliphatic heterocycles. The van der Waals surface area contributed by atoms with Crippen molar-refractivity contribution in [2.45, 2.75) is 12.5 Å². The highest BCUT2D eigenvalue weighted by atomic mass is 79.9. The third kappa shape index (κ3) is 3.00. The second-order valence-electron chi connectivity index (χ2n) is 5.12. The number of halogens is 4. The Morgan fingerprint density at radius 2 is 1.60 bits per heavy atom. The monoisotopic (exact) mass is 597 g/mol. The number of carboxylic acids is 1. The molecule has 7 nitrogen and oxygen atoms in total. The Hall–Kier alpha value is -1.04. The summed E-state index contributed by atoms with van der Waals surface area (Å²) in [5.41, 5.74) is 0.732. The summed E-state index contributed by atoms with van der Waals surface area (Å²) in [6.07, 6.45) is 2.78. The van der Waals surface area contributed by atoms with Gasteiger partial charge in [0.2, 0.25) is 0 Å². The lowest BCUT2D eigenvalue weighted by Gasteiger charge is -2.22. The van der Waals surface area contributed by atoms with Crippen LogP contribution in [0.1, 0.15) is 26.4 Å². The number of carbonyl (C=O) groups is 3. The zero-order valence-corrected chi connectivity index (χ0v) is 18.4. The lowest BCUT2D eigenvalue weighted by Crippen LogP contribution is -2.46. The minimum atomic E-state index is -1.36. The Kier molecular flexibility index (Phi) is 5.20. The van der Waals surface area contributed by atoms with Crippen LogP contribution in [0.5, 0.6) is 0 Å². The number of imide groups is 1. The third-order valence-corrected chi connectivity index (χ3v) is 8.47. The molecule has 0 fully saturated rings. The summed E-state index contributed by atoms with van der Waals surface area (Å²) in [5, 5.41) is 9.57. The van der Waals surface area contributed by atoms with Crippen molar-refractivity contribution in [3.8, 4) is 0 Å². The second-order valence-corrected chi connectivity index (χ2v) is 8.29. The summed E-state index contributed by atoms with van der Waals surface area (Å²) < 4.78 is 1.84. The molecule has 11 heteroatoms. The number of nitrogens with one attached hydrogen (secondary N) is 1. The van der Waals surface area contributed by atoms with E-state index in [9.17, 15) is 19.5 Å². The molecule has 0 aliphatic carbocycles. The summed E-state index contributed by atoms with van der Waals surface area (Å²) in [6.45, 7) is 0. The van der Waals surface area contributed by atoms with E-state index in [0.717, 1.165) is 4.90 Å². The molecule has 2 N–H and O–H groups in total. The molecule has 0 saturated heterocycles. The molecule has 1 aromatic carbocycles. The summed E-state index contributed by atoms with van der Waals surface area (Å²) in [5.74, 6) is -2.63. The Balaban J connectivity index is 2.11. The number of hydrogen-bond donors (Lipinski definition) is 2. The van der Waals surface area contributed by atoms with Crippen LogP contribution in [0.15, 0.2) is 30.4 Å². The molecule has 2 aromatic rings. The molecule has 2 amide bonds. The van der Waals surface area contributed by atoms with Gasteiger partial charge >= 0.3 is 5.97 Å². The van der Waals surface area contributed by atoms with E-state index in [1.807, 2.05) is 0 Å². The summed E-state index contributed by atoms with van der Waals surface area (Å²) in [6, 6.07) is -1.36. The minimum Gasteiger partial charge on any atom is -0.480 e. The minimum absolute atomic E-state index is 0.0711. The largest absolute Gasteiger partial charge is 0.480 e. The normalized spacial score (nSPS) is 14.8. The standard InChI is InChI=1S/C14H7Br4N3O4/c15-8-6-7(9(16)11(18)10(8)17)13(23)21(12(6)22)5(14(24)25)1-4-2-19-3-20-4/h2-3,5H,1H2,(H,19,20)(H,24,25)/t5-/m1/s1. The molecule has 130 valence electrons. The maximum Gasteiger partial charge on any atom is 0.327 e. The van der Waals surface area contributed by atoms with Crippen LogP contribution in [0.2, 0.25) is 0 Å². The zero-order valence-electron chi connectivity index (χ0n) is 12.0. The van der Waals surface area contributed by atoms with Crippen LogP contribution >= 0.6 is 63.7 Å². The number of benzene rings is 1. The van der Waals surface area contributed by atoms with Gasteiger partial charge in [-0.25, -0.2) is 9.78 Å². The van der Waals surface area contributed by atoms with Gasteiger partial charge in [0.05, 0.1) is 17.5 Å². The lowest BCUT2D eigenvalue weighted by atomic mass is 10.1. The van der Waals surface area contributed by atoms with Crippen LogP contribution in [0.4, 0.5) is 0 Å². The van der Waals surface area contributed by atoms with Crippen LogP contribution in [0.25, 0.3) is 0 Å². The van der Waals surface area contributed by atoms with Crippen LogP contribution in [0, 0.1) is 0 Å². The number of hydrogen-bond acceptors (Lipinski definition) is 4. The van der Waals surface area contributed by atoms with Crippen molar-refractivity contribution < 1.29 is 19.5 Å². The first-order valence-electron chi connectivity index (χ1n) is 6.69. The molecule has 1 aromatic heterocycles. The molecular formula is C14H7Br4N3O4. The fourth-order valence-corrected chi connectivity index (χ4v) is 5.00. The van der Waals surface area contributed by atoms with Crippen molar-refractivity contribution in [1.82, 2.24) is 14.9 Å². The van der Waals surface area contributed by atoms with Crippen LogP contribution < -0.4 is 0 Å². The summed E-state index contributed by atoms with van der Waals surface area (Å²) >= 11 is 13.3. The number of carbonyl (C=O) groups excluding carboxylic acids is 2. The van der Waals surface area contributed by atoms with Gasteiger partial charge < -0.3 is 10.1 Å². The maximum atomic E-state index is 12.8. The fourth-order valence-electron chi connectivity index (χ4n) is 2.54. The number of fused-ring (bicyclic) bond motifs is 1. The molecule has 0 spiro atoms. The summed E-state index contributed by atoms with van der Waals surface area (Å²) in [4.78, 5) is 44.8. The van der Waals surface area contributed by atoms with Gasteiger partial charge in [0, 0.05) is 36.2 Å². The molecule has 3 rings (SSSR count). The van der Waals surface area contributed by atoms with E-state index >= 15 is 0 Å². The van der Waals surface area contributed by atoms with Gasteiger partial charge in [-0.2, -0.15) is 0 Å². The highest BCUT2D eigenvalue weighted by Crippen LogP contribution is 2.45. The highest BCUT2D eigenvalue weighted by molar-refractivity contribution is 9.15. The van der Waals surface area contributed by atoms with E-state index in [0.29, 0.717) is 23.6 Å². The second kappa shape index (κ2) is 6.93. The van der Waals surface area contributed by atoms with Crippen molar-refractivity contribution in [2.24, 2.45) is 0 Å². The number of carboxylic acid groups (broad SMARTS) is 1. The molecule has 1 aliphatic rings. The number of aromatic amines is 1. The zero-order chi connectivity index (χ0) is 18.5. The first kappa shape index (κ1) is 18.7. The van der Waals surface area contributed by atoms with Crippen molar-refractivity contribution >= 4 is 81.5 Å². The third-order valence-electron chi connectivity index (χ3n) is 3.70. The number of aliphatic carboxylic acids is 1. The SMILES string of the molecule is O=C(O)[C@@H](Cc1cnc[nH]1)N1C(=O)c2c(Br)c(Br)c(Br)c(Br)c2C1=O. The average Bonchev–Trinajstić information content (AvgIpc) is 3.15. The first-order chi connectivity index (χ1) is 11.8. The number of imidazole rings is 1. The van der Waals surface area contributed by atoms with Crippen LogP contribution in [-0.2, 0) is 11.2 Å². The number of amides is 2. The van der Waals surface area contributed by atoms with E-state index in [1.165, 1.54) is 12.5 Å². The Morgan fingerprint density at radius 1 is 1.08 bits per heavy atom. The van der Waals surface area contributed by atoms with Crippen molar-refractivity contribution in [3.63, 3.8) is 0 Å².